The molecule has 114 valence electrons. The second-order valence-corrected chi connectivity index (χ2v) is 5.81. The summed E-state index contributed by atoms with van der Waals surface area (Å²) in [5.41, 5.74) is 0.925. The van der Waals surface area contributed by atoms with E-state index < -0.39 is 5.54 Å². The maximum atomic E-state index is 12.3. The molecule has 0 saturated carbocycles. The summed E-state index contributed by atoms with van der Waals surface area (Å²) in [6.45, 7) is 7.13. The summed E-state index contributed by atoms with van der Waals surface area (Å²) in [7, 11) is 0. The average molecular weight is 289 g/mol. The number of benzene rings is 1. The van der Waals surface area contributed by atoms with Gasteiger partial charge in [-0.15, -0.1) is 0 Å². The summed E-state index contributed by atoms with van der Waals surface area (Å²) in [6.07, 6.45) is 1.49. The van der Waals surface area contributed by atoms with Gasteiger partial charge in [-0.05, 0) is 45.0 Å². The molecule has 2 rings (SSSR count). The monoisotopic (exact) mass is 289 g/mol. The number of hydrogen-bond acceptors (Lipinski definition) is 3. The van der Waals surface area contributed by atoms with Gasteiger partial charge in [-0.3, -0.25) is 9.59 Å². The minimum absolute atomic E-state index is 0.0887. The summed E-state index contributed by atoms with van der Waals surface area (Å²) in [4.78, 5) is 25.8. The summed E-state index contributed by atoms with van der Waals surface area (Å²) in [5, 5.41) is 6.05. The van der Waals surface area contributed by atoms with E-state index in [1.54, 1.807) is 4.90 Å². The second-order valence-electron chi connectivity index (χ2n) is 5.81. The molecular formula is C16H23N3O2. The Hall–Kier alpha value is -1.88. The third-order valence-corrected chi connectivity index (χ3v) is 3.68. The van der Waals surface area contributed by atoms with Gasteiger partial charge in [-0.2, -0.15) is 0 Å². The Morgan fingerprint density at radius 2 is 2.14 bits per heavy atom. The first-order chi connectivity index (χ1) is 9.94. The number of carbonyl (C=O) groups is 2. The van der Waals surface area contributed by atoms with E-state index in [-0.39, 0.29) is 11.8 Å². The van der Waals surface area contributed by atoms with Gasteiger partial charge in [0, 0.05) is 24.3 Å². The van der Waals surface area contributed by atoms with Crippen molar-refractivity contribution in [2.24, 2.45) is 0 Å². The predicted molar refractivity (Wildman–Crippen MR) is 84.4 cm³/mol. The Morgan fingerprint density at radius 3 is 2.76 bits per heavy atom. The Morgan fingerprint density at radius 1 is 1.38 bits per heavy atom. The van der Waals surface area contributed by atoms with E-state index in [9.17, 15) is 9.59 Å². The molecule has 0 radical (unpaired) electrons. The Kier molecular flexibility index (Phi) is 4.63. The SMILES string of the molecule is CCNC(C)(C)C(=O)Nc1cccc(N2CCCC2=O)c1. The van der Waals surface area contributed by atoms with Crippen molar-refractivity contribution in [3.63, 3.8) is 0 Å². The first kappa shape index (κ1) is 15.5. The van der Waals surface area contributed by atoms with Crippen LogP contribution in [0, 0.1) is 0 Å². The first-order valence-electron chi connectivity index (χ1n) is 7.41. The van der Waals surface area contributed by atoms with Crippen molar-refractivity contribution in [2.45, 2.75) is 39.2 Å². The number of likely N-dealkylation sites (N-methyl/N-ethyl adjacent to an activating group) is 1. The molecule has 0 aliphatic carbocycles. The fourth-order valence-corrected chi connectivity index (χ4v) is 2.48. The molecule has 1 aliphatic rings. The van der Waals surface area contributed by atoms with Crippen LogP contribution in [0.5, 0.6) is 0 Å². The zero-order chi connectivity index (χ0) is 15.5. The van der Waals surface area contributed by atoms with E-state index in [1.165, 1.54) is 0 Å². The van der Waals surface area contributed by atoms with E-state index in [2.05, 4.69) is 10.6 Å². The van der Waals surface area contributed by atoms with Crippen molar-refractivity contribution in [1.29, 1.82) is 0 Å². The number of nitrogens with zero attached hydrogens (tertiary/aromatic N) is 1. The van der Waals surface area contributed by atoms with Crippen LogP contribution >= 0.6 is 0 Å². The molecule has 5 nitrogen and oxygen atoms in total. The van der Waals surface area contributed by atoms with Crippen molar-refractivity contribution >= 4 is 23.2 Å². The Balaban J connectivity index is 2.11. The maximum absolute atomic E-state index is 12.3. The largest absolute Gasteiger partial charge is 0.324 e. The van der Waals surface area contributed by atoms with Crippen LogP contribution in [-0.2, 0) is 9.59 Å². The van der Waals surface area contributed by atoms with Gasteiger partial charge in [0.15, 0.2) is 0 Å². The second kappa shape index (κ2) is 6.26. The molecule has 1 saturated heterocycles. The van der Waals surface area contributed by atoms with Gasteiger partial charge < -0.3 is 15.5 Å². The lowest BCUT2D eigenvalue weighted by Crippen LogP contribution is -2.49. The van der Waals surface area contributed by atoms with E-state index >= 15 is 0 Å². The zero-order valence-corrected chi connectivity index (χ0v) is 12.9. The molecular weight excluding hydrogens is 266 g/mol. The highest BCUT2D eigenvalue weighted by Gasteiger charge is 2.26. The number of rotatable bonds is 5. The summed E-state index contributed by atoms with van der Waals surface area (Å²) in [5.74, 6) is 0.0562. The Labute approximate surface area is 125 Å². The highest BCUT2D eigenvalue weighted by Crippen LogP contribution is 2.24. The number of nitrogens with one attached hydrogen (secondary N) is 2. The smallest absolute Gasteiger partial charge is 0.244 e. The maximum Gasteiger partial charge on any atom is 0.244 e. The van der Waals surface area contributed by atoms with Gasteiger partial charge in [-0.1, -0.05) is 13.0 Å². The van der Waals surface area contributed by atoms with E-state index in [1.807, 2.05) is 45.0 Å². The van der Waals surface area contributed by atoms with Gasteiger partial charge in [0.05, 0.1) is 5.54 Å². The first-order valence-corrected chi connectivity index (χ1v) is 7.41. The van der Waals surface area contributed by atoms with E-state index in [4.69, 9.17) is 0 Å². The quantitative estimate of drug-likeness (QED) is 0.873. The molecule has 1 aromatic rings. The van der Waals surface area contributed by atoms with Crippen LogP contribution in [0.15, 0.2) is 24.3 Å². The van der Waals surface area contributed by atoms with Gasteiger partial charge in [0.1, 0.15) is 0 Å². The molecule has 0 unspecified atom stereocenters. The van der Waals surface area contributed by atoms with Crippen molar-refractivity contribution in [3.8, 4) is 0 Å². The molecule has 0 bridgehead atoms. The standard InChI is InChI=1S/C16H23N3O2/c1-4-17-16(2,3)15(21)18-12-7-5-8-13(11-12)19-10-6-9-14(19)20/h5,7-8,11,17H,4,6,9-10H2,1-3H3,(H,18,21). The fourth-order valence-electron chi connectivity index (χ4n) is 2.48. The number of carbonyl (C=O) groups excluding carboxylic acids is 2. The molecule has 2 amide bonds. The summed E-state index contributed by atoms with van der Waals surface area (Å²) < 4.78 is 0. The van der Waals surface area contributed by atoms with Crippen LogP contribution in [0.3, 0.4) is 0 Å². The van der Waals surface area contributed by atoms with Crippen LogP contribution in [0.25, 0.3) is 0 Å². The lowest BCUT2D eigenvalue weighted by atomic mass is 10.0. The molecule has 1 fully saturated rings. The highest BCUT2D eigenvalue weighted by molar-refractivity contribution is 5.99. The van der Waals surface area contributed by atoms with Crippen LogP contribution < -0.4 is 15.5 Å². The van der Waals surface area contributed by atoms with Gasteiger partial charge in [0.2, 0.25) is 11.8 Å². The third-order valence-electron chi connectivity index (χ3n) is 3.68. The molecule has 21 heavy (non-hydrogen) atoms. The van der Waals surface area contributed by atoms with Crippen LogP contribution in [0.4, 0.5) is 11.4 Å². The van der Waals surface area contributed by atoms with Gasteiger partial charge in [-0.25, -0.2) is 0 Å². The Bertz CT molecular complexity index is 540. The minimum atomic E-state index is -0.631. The lowest BCUT2D eigenvalue weighted by molar-refractivity contribution is -0.121. The molecule has 1 heterocycles. The predicted octanol–water partition coefficient (Wildman–Crippen LogP) is 2.14. The minimum Gasteiger partial charge on any atom is -0.324 e. The van der Waals surface area contributed by atoms with Gasteiger partial charge in [0.25, 0.3) is 0 Å². The molecule has 0 spiro atoms. The summed E-state index contributed by atoms with van der Waals surface area (Å²) in [6, 6.07) is 7.44. The number of anilines is 2. The van der Waals surface area contributed by atoms with Crippen LogP contribution in [0.2, 0.25) is 0 Å². The van der Waals surface area contributed by atoms with Crippen molar-refractivity contribution in [2.75, 3.05) is 23.3 Å². The molecule has 1 aromatic carbocycles. The number of hydrogen-bond donors (Lipinski definition) is 2. The molecule has 0 aromatic heterocycles. The highest BCUT2D eigenvalue weighted by atomic mass is 16.2. The molecule has 2 N–H and O–H groups in total. The average Bonchev–Trinajstić information content (AvgIpc) is 2.85. The van der Waals surface area contributed by atoms with Crippen molar-refractivity contribution in [3.05, 3.63) is 24.3 Å². The zero-order valence-electron chi connectivity index (χ0n) is 12.9. The molecule has 0 atom stereocenters. The number of amides is 2. The topological polar surface area (TPSA) is 61.4 Å². The van der Waals surface area contributed by atoms with Crippen molar-refractivity contribution < 1.29 is 9.59 Å². The third kappa shape index (κ3) is 3.61. The lowest BCUT2D eigenvalue weighted by Gasteiger charge is -2.25. The van der Waals surface area contributed by atoms with Crippen LogP contribution in [0.1, 0.15) is 33.6 Å². The van der Waals surface area contributed by atoms with Crippen molar-refractivity contribution in [1.82, 2.24) is 5.32 Å². The normalized spacial score (nSPS) is 15.4. The fraction of sp³-hybridized carbons (Fsp3) is 0.500. The molecule has 5 heteroatoms. The van der Waals surface area contributed by atoms with Crippen LogP contribution in [-0.4, -0.2) is 30.4 Å². The van der Waals surface area contributed by atoms with E-state index in [0.29, 0.717) is 12.1 Å². The summed E-state index contributed by atoms with van der Waals surface area (Å²) >= 11 is 0. The molecule has 1 aliphatic heterocycles. The van der Waals surface area contributed by atoms with E-state index in [0.717, 1.165) is 25.2 Å². The van der Waals surface area contributed by atoms with Gasteiger partial charge >= 0.3 is 0 Å².